The number of ether oxygens (including phenoxy) is 1. The number of nitrogens with zero attached hydrogens (tertiary/aromatic N) is 2. The Morgan fingerprint density at radius 2 is 2.08 bits per heavy atom. The van der Waals surface area contributed by atoms with Gasteiger partial charge in [-0.3, -0.25) is 9.78 Å². The molecule has 0 amide bonds. The molecular formula is C19H24N2O3. The van der Waals surface area contributed by atoms with Gasteiger partial charge in [0.05, 0.1) is 29.3 Å². The van der Waals surface area contributed by atoms with Crippen molar-refractivity contribution in [3.05, 3.63) is 39.9 Å². The second kappa shape index (κ2) is 6.38. The molecule has 0 spiro atoms. The van der Waals surface area contributed by atoms with E-state index in [4.69, 9.17) is 4.74 Å². The van der Waals surface area contributed by atoms with Crippen LogP contribution < -0.4 is 5.56 Å². The van der Waals surface area contributed by atoms with E-state index in [1.165, 1.54) is 13.5 Å². The van der Waals surface area contributed by atoms with Gasteiger partial charge in [-0.05, 0) is 37.3 Å². The van der Waals surface area contributed by atoms with Crippen LogP contribution in [0.3, 0.4) is 0 Å². The number of aryl methyl sites for hydroxylation is 1. The molecule has 2 heterocycles. The Kier molecular flexibility index (Phi) is 4.43. The third kappa shape index (κ3) is 2.72. The highest BCUT2D eigenvalue weighted by Gasteiger charge is 2.29. The second-order valence-electron chi connectivity index (χ2n) is 6.91. The maximum atomic E-state index is 13.0. The highest BCUT2D eigenvalue weighted by Crippen LogP contribution is 2.37. The van der Waals surface area contributed by atoms with Crippen LogP contribution in [0.2, 0.25) is 0 Å². The smallest absolute Gasteiger partial charge is 0.339 e. The van der Waals surface area contributed by atoms with E-state index in [1.54, 1.807) is 13.0 Å². The number of methoxy groups -OCH3 is 1. The maximum Gasteiger partial charge on any atom is 0.339 e. The fourth-order valence-electron chi connectivity index (χ4n) is 3.80. The van der Waals surface area contributed by atoms with E-state index in [2.05, 4.69) is 18.8 Å². The minimum atomic E-state index is -0.462. The Labute approximate surface area is 141 Å². The van der Waals surface area contributed by atoms with Crippen LogP contribution in [0.4, 0.5) is 0 Å². The second-order valence-corrected chi connectivity index (χ2v) is 6.91. The predicted molar refractivity (Wildman–Crippen MR) is 93.3 cm³/mol. The number of hydrogen-bond acceptors (Lipinski definition) is 4. The first kappa shape index (κ1) is 16.7. The Morgan fingerprint density at radius 3 is 2.79 bits per heavy atom. The largest absolute Gasteiger partial charge is 0.465 e. The van der Waals surface area contributed by atoms with E-state index in [0.717, 1.165) is 12.8 Å². The number of aromatic nitrogens is 2. The summed E-state index contributed by atoms with van der Waals surface area (Å²) in [5.41, 5.74) is 1.48. The van der Waals surface area contributed by atoms with Crippen molar-refractivity contribution in [3.63, 3.8) is 0 Å². The normalized spacial score (nSPS) is 24.1. The zero-order valence-electron chi connectivity index (χ0n) is 14.7. The molecular weight excluding hydrogens is 304 g/mol. The molecule has 5 nitrogen and oxygen atoms in total. The predicted octanol–water partition coefficient (Wildman–Crippen LogP) is 3.49. The fourth-order valence-corrected chi connectivity index (χ4v) is 3.80. The third-order valence-electron chi connectivity index (χ3n) is 5.53. The monoisotopic (exact) mass is 328 g/mol. The van der Waals surface area contributed by atoms with Crippen LogP contribution >= 0.6 is 0 Å². The number of fused-ring (bicyclic) bond motifs is 1. The van der Waals surface area contributed by atoms with Gasteiger partial charge < -0.3 is 9.30 Å². The first-order chi connectivity index (χ1) is 11.4. The summed E-state index contributed by atoms with van der Waals surface area (Å²) in [5.74, 6) is 0.594. The lowest BCUT2D eigenvalue weighted by Crippen LogP contribution is -2.33. The van der Waals surface area contributed by atoms with E-state index in [-0.39, 0.29) is 11.6 Å². The molecule has 1 fully saturated rings. The van der Waals surface area contributed by atoms with Gasteiger partial charge >= 0.3 is 5.97 Å². The van der Waals surface area contributed by atoms with Crippen molar-refractivity contribution in [3.8, 4) is 0 Å². The number of esters is 1. The van der Waals surface area contributed by atoms with Gasteiger partial charge in [0.15, 0.2) is 0 Å². The molecule has 1 aliphatic carbocycles. The lowest BCUT2D eigenvalue weighted by atomic mass is 9.78. The van der Waals surface area contributed by atoms with Crippen molar-refractivity contribution in [2.45, 2.75) is 46.1 Å². The molecule has 3 rings (SSSR count). The number of hydrogen-bond donors (Lipinski definition) is 0. The first-order valence-electron chi connectivity index (χ1n) is 8.55. The van der Waals surface area contributed by atoms with E-state index in [9.17, 15) is 9.59 Å². The average Bonchev–Trinajstić information content (AvgIpc) is 2.57. The van der Waals surface area contributed by atoms with Crippen molar-refractivity contribution < 1.29 is 9.53 Å². The minimum absolute atomic E-state index is 0.0731. The molecule has 0 radical (unpaired) electrons. The molecule has 0 unspecified atom stereocenters. The summed E-state index contributed by atoms with van der Waals surface area (Å²) in [6.45, 7) is 6.23. The Morgan fingerprint density at radius 1 is 1.33 bits per heavy atom. The molecule has 0 N–H and O–H groups in total. The van der Waals surface area contributed by atoms with Gasteiger partial charge in [-0.25, -0.2) is 4.79 Å². The molecule has 0 bridgehead atoms. The van der Waals surface area contributed by atoms with Crippen LogP contribution in [0, 0.1) is 18.8 Å². The van der Waals surface area contributed by atoms with Crippen LogP contribution in [0.25, 0.3) is 10.9 Å². The summed E-state index contributed by atoms with van der Waals surface area (Å²) < 4.78 is 6.63. The van der Waals surface area contributed by atoms with Crippen LogP contribution in [0.1, 0.15) is 55.2 Å². The molecule has 3 atom stereocenters. The lowest BCUT2D eigenvalue weighted by molar-refractivity contribution is 0.0599. The topological polar surface area (TPSA) is 61.2 Å². The summed E-state index contributed by atoms with van der Waals surface area (Å²) in [6.07, 6.45) is 5.22. The highest BCUT2D eigenvalue weighted by molar-refractivity contribution is 5.94. The van der Waals surface area contributed by atoms with Crippen molar-refractivity contribution >= 4 is 16.9 Å². The molecule has 2 aromatic heterocycles. The number of carbonyl (C=O) groups is 1. The zero-order valence-corrected chi connectivity index (χ0v) is 14.7. The third-order valence-corrected chi connectivity index (χ3v) is 5.53. The van der Waals surface area contributed by atoms with E-state index in [1.807, 2.05) is 16.8 Å². The van der Waals surface area contributed by atoms with Gasteiger partial charge in [-0.15, -0.1) is 0 Å². The van der Waals surface area contributed by atoms with Gasteiger partial charge in [0, 0.05) is 12.2 Å². The van der Waals surface area contributed by atoms with E-state index < -0.39 is 5.97 Å². The molecule has 5 heteroatoms. The Hall–Kier alpha value is -2.17. The molecule has 0 aliphatic heterocycles. The van der Waals surface area contributed by atoms with Gasteiger partial charge in [-0.2, -0.15) is 0 Å². The van der Waals surface area contributed by atoms with Crippen molar-refractivity contribution in [2.24, 2.45) is 11.8 Å². The average molecular weight is 328 g/mol. The highest BCUT2D eigenvalue weighted by atomic mass is 16.5. The lowest BCUT2D eigenvalue weighted by Gasteiger charge is -2.35. The summed E-state index contributed by atoms with van der Waals surface area (Å²) in [4.78, 5) is 29.3. The molecule has 1 aliphatic rings. The summed E-state index contributed by atoms with van der Waals surface area (Å²) >= 11 is 0. The van der Waals surface area contributed by atoms with Crippen LogP contribution in [0.15, 0.2) is 23.1 Å². The Balaban J connectivity index is 2.15. The van der Waals surface area contributed by atoms with Crippen molar-refractivity contribution in [1.29, 1.82) is 0 Å². The van der Waals surface area contributed by atoms with Crippen LogP contribution in [-0.4, -0.2) is 22.6 Å². The summed E-state index contributed by atoms with van der Waals surface area (Å²) in [5, 5.41) is 0.480. The quantitative estimate of drug-likeness (QED) is 0.792. The van der Waals surface area contributed by atoms with Gasteiger partial charge in [-0.1, -0.05) is 26.7 Å². The molecule has 1 saturated carbocycles. The molecule has 0 aromatic carbocycles. The van der Waals surface area contributed by atoms with Crippen molar-refractivity contribution in [1.82, 2.24) is 9.55 Å². The molecule has 0 saturated heterocycles. The van der Waals surface area contributed by atoms with Crippen molar-refractivity contribution in [2.75, 3.05) is 7.11 Å². The van der Waals surface area contributed by atoms with Gasteiger partial charge in [0.2, 0.25) is 0 Å². The maximum absolute atomic E-state index is 13.0. The number of carbonyl (C=O) groups excluding carboxylic acids is 1. The van der Waals surface area contributed by atoms with Gasteiger partial charge in [0.1, 0.15) is 0 Å². The Bertz CT molecular complexity index is 840. The SMILES string of the molecule is COC(=O)c1cc2c(=O)n([C@@H]3CCC[C@@H](C)[C@@H]3C)ccc2nc1C. The number of rotatable bonds is 2. The summed E-state index contributed by atoms with van der Waals surface area (Å²) in [6, 6.07) is 3.70. The van der Waals surface area contributed by atoms with Gasteiger partial charge in [0.25, 0.3) is 5.56 Å². The standard InChI is InChI=1S/C19H24N2O3/c1-11-6-5-7-17(12(11)2)21-9-8-16-15(18(21)22)10-14(13(3)20-16)19(23)24-4/h8-12,17H,5-7H2,1-4H3/t11-,12+,17-/m1/s1. The molecule has 128 valence electrons. The zero-order chi connectivity index (χ0) is 17.4. The van der Waals surface area contributed by atoms with E-state index in [0.29, 0.717) is 34.0 Å². The minimum Gasteiger partial charge on any atom is -0.465 e. The van der Waals surface area contributed by atoms with Crippen LogP contribution in [0.5, 0.6) is 0 Å². The van der Waals surface area contributed by atoms with Crippen LogP contribution in [-0.2, 0) is 4.74 Å². The summed E-state index contributed by atoms with van der Waals surface area (Å²) in [7, 11) is 1.33. The number of pyridine rings is 2. The van der Waals surface area contributed by atoms with E-state index >= 15 is 0 Å². The molecule has 2 aromatic rings. The fraction of sp³-hybridized carbons (Fsp3) is 0.526. The first-order valence-corrected chi connectivity index (χ1v) is 8.55. The molecule has 24 heavy (non-hydrogen) atoms.